The standard InChI is InChI=1S/C23H25NO3/c1-27-22(26)23-15-24-19(14-16-8-4-2-5-9-16)21(23)20(25)13-12-18(23)17-10-6-3-7-11-17/h2-11,18-19,21,24H,12-15H2,1H3. The lowest BCUT2D eigenvalue weighted by molar-refractivity contribution is -0.161. The van der Waals surface area contributed by atoms with Gasteiger partial charge in [0.05, 0.1) is 18.4 Å². The number of hydrogen-bond acceptors (Lipinski definition) is 4. The Kier molecular flexibility index (Phi) is 4.83. The SMILES string of the molecule is COC(=O)C12CNC(Cc3ccccc3)C1C(=O)CCC2c1ccccc1. The highest BCUT2D eigenvalue weighted by molar-refractivity contribution is 5.93. The van der Waals surface area contributed by atoms with E-state index in [1.165, 1.54) is 12.7 Å². The summed E-state index contributed by atoms with van der Waals surface area (Å²) in [5.74, 6) is -0.456. The minimum atomic E-state index is -0.828. The maximum absolute atomic E-state index is 13.1. The summed E-state index contributed by atoms with van der Waals surface area (Å²) in [4.78, 5) is 26.1. The second-order valence-corrected chi connectivity index (χ2v) is 7.65. The Hall–Kier alpha value is -2.46. The quantitative estimate of drug-likeness (QED) is 0.848. The normalized spacial score (nSPS) is 30.0. The molecule has 0 bridgehead atoms. The summed E-state index contributed by atoms with van der Waals surface area (Å²) in [5, 5.41) is 3.51. The third-order valence-electron chi connectivity index (χ3n) is 6.33. The van der Waals surface area contributed by atoms with Crippen molar-refractivity contribution in [1.29, 1.82) is 0 Å². The zero-order valence-corrected chi connectivity index (χ0v) is 15.6. The largest absolute Gasteiger partial charge is 0.469 e. The van der Waals surface area contributed by atoms with Crippen molar-refractivity contribution >= 4 is 11.8 Å². The summed E-state index contributed by atoms with van der Waals surface area (Å²) in [7, 11) is 1.43. The van der Waals surface area contributed by atoms with Gasteiger partial charge in [0, 0.05) is 24.9 Å². The van der Waals surface area contributed by atoms with Crippen LogP contribution in [0, 0.1) is 11.3 Å². The molecule has 4 nitrogen and oxygen atoms in total. The van der Waals surface area contributed by atoms with E-state index in [1.54, 1.807) is 0 Å². The smallest absolute Gasteiger partial charge is 0.314 e. The Morgan fingerprint density at radius 1 is 1.11 bits per heavy atom. The lowest BCUT2D eigenvalue weighted by atomic mass is 9.57. The summed E-state index contributed by atoms with van der Waals surface area (Å²) in [6, 6.07) is 20.2. The van der Waals surface area contributed by atoms with Crippen LogP contribution in [0.15, 0.2) is 60.7 Å². The topological polar surface area (TPSA) is 55.4 Å². The van der Waals surface area contributed by atoms with Gasteiger partial charge in [-0.1, -0.05) is 60.7 Å². The van der Waals surface area contributed by atoms with Crippen molar-refractivity contribution in [2.45, 2.75) is 31.2 Å². The number of Topliss-reactive ketones (excluding diaryl/α,β-unsaturated/α-hetero) is 1. The van der Waals surface area contributed by atoms with Crippen molar-refractivity contribution in [3.8, 4) is 0 Å². The highest BCUT2D eigenvalue weighted by atomic mass is 16.5. The number of esters is 1. The van der Waals surface area contributed by atoms with Crippen LogP contribution in [0.25, 0.3) is 0 Å². The first-order valence-electron chi connectivity index (χ1n) is 9.60. The molecule has 1 saturated heterocycles. The van der Waals surface area contributed by atoms with Crippen LogP contribution in [0.5, 0.6) is 0 Å². The summed E-state index contributed by atoms with van der Waals surface area (Å²) in [6.45, 7) is 0.479. The average Bonchev–Trinajstić information content (AvgIpc) is 3.10. The van der Waals surface area contributed by atoms with E-state index in [9.17, 15) is 9.59 Å². The van der Waals surface area contributed by atoms with Gasteiger partial charge >= 0.3 is 5.97 Å². The van der Waals surface area contributed by atoms with Gasteiger partial charge in [0.25, 0.3) is 0 Å². The summed E-state index contributed by atoms with van der Waals surface area (Å²) in [5.41, 5.74) is 1.46. The average molecular weight is 363 g/mol. The maximum atomic E-state index is 13.1. The molecule has 1 saturated carbocycles. The number of benzene rings is 2. The molecule has 4 heteroatoms. The van der Waals surface area contributed by atoms with E-state index >= 15 is 0 Å². The molecule has 0 spiro atoms. The van der Waals surface area contributed by atoms with Crippen molar-refractivity contribution in [1.82, 2.24) is 5.32 Å². The van der Waals surface area contributed by atoms with Crippen LogP contribution in [-0.4, -0.2) is 31.4 Å². The summed E-state index contributed by atoms with van der Waals surface area (Å²) >= 11 is 0. The molecule has 1 N–H and O–H groups in total. The fourth-order valence-corrected chi connectivity index (χ4v) is 5.18. The molecule has 0 aromatic heterocycles. The molecule has 4 atom stereocenters. The molecule has 1 aliphatic carbocycles. The van der Waals surface area contributed by atoms with E-state index in [0.717, 1.165) is 12.0 Å². The van der Waals surface area contributed by atoms with E-state index in [0.29, 0.717) is 19.4 Å². The molecule has 140 valence electrons. The zero-order valence-electron chi connectivity index (χ0n) is 15.6. The van der Waals surface area contributed by atoms with Crippen LogP contribution in [0.3, 0.4) is 0 Å². The van der Waals surface area contributed by atoms with Gasteiger partial charge in [-0.15, -0.1) is 0 Å². The molecule has 2 fully saturated rings. The number of ether oxygens (including phenoxy) is 1. The molecule has 2 aromatic carbocycles. The third kappa shape index (κ3) is 2.98. The Bertz CT molecular complexity index is 820. The van der Waals surface area contributed by atoms with Gasteiger partial charge in [-0.2, -0.15) is 0 Å². The first kappa shape index (κ1) is 17.9. The Labute approximate surface area is 159 Å². The monoisotopic (exact) mass is 363 g/mol. The minimum absolute atomic E-state index is 0.0119. The Morgan fingerprint density at radius 3 is 2.44 bits per heavy atom. The number of fused-ring (bicyclic) bond motifs is 1. The fraction of sp³-hybridized carbons (Fsp3) is 0.391. The van der Waals surface area contributed by atoms with Gasteiger partial charge < -0.3 is 10.1 Å². The van der Waals surface area contributed by atoms with E-state index in [1.807, 2.05) is 36.4 Å². The number of carbonyl (C=O) groups is 2. The van der Waals surface area contributed by atoms with Crippen molar-refractivity contribution in [3.05, 3.63) is 71.8 Å². The van der Waals surface area contributed by atoms with Gasteiger partial charge in [-0.25, -0.2) is 0 Å². The van der Waals surface area contributed by atoms with Crippen molar-refractivity contribution in [2.24, 2.45) is 11.3 Å². The van der Waals surface area contributed by atoms with Gasteiger partial charge in [-0.3, -0.25) is 9.59 Å². The predicted octanol–water partition coefficient (Wildman–Crippen LogP) is 3.12. The molecule has 4 unspecified atom stereocenters. The number of methoxy groups -OCH3 is 1. The van der Waals surface area contributed by atoms with E-state index in [2.05, 4.69) is 29.6 Å². The Morgan fingerprint density at radius 2 is 1.78 bits per heavy atom. The molecule has 2 aliphatic rings. The van der Waals surface area contributed by atoms with Crippen LogP contribution in [0.4, 0.5) is 0 Å². The molecule has 0 amide bonds. The van der Waals surface area contributed by atoms with Gasteiger partial charge in [-0.05, 0) is 24.0 Å². The number of hydrogen-bond donors (Lipinski definition) is 1. The molecule has 0 radical (unpaired) electrons. The molecule has 4 rings (SSSR count). The number of rotatable bonds is 4. The number of nitrogens with one attached hydrogen (secondary N) is 1. The van der Waals surface area contributed by atoms with Gasteiger partial charge in [0.15, 0.2) is 0 Å². The molecule has 1 heterocycles. The predicted molar refractivity (Wildman–Crippen MR) is 103 cm³/mol. The van der Waals surface area contributed by atoms with Gasteiger partial charge in [0.1, 0.15) is 5.78 Å². The second-order valence-electron chi connectivity index (χ2n) is 7.65. The van der Waals surface area contributed by atoms with Crippen LogP contribution in [0.1, 0.15) is 29.9 Å². The van der Waals surface area contributed by atoms with Crippen molar-refractivity contribution < 1.29 is 14.3 Å². The van der Waals surface area contributed by atoms with E-state index < -0.39 is 5.41 Å². The van der Waals surface area contributed by atoms with Crippen LogP contribution < -0.4 is 5.32 Å². The fourth-order valence-electron chi connectivity index (χ4n) is 5.18. The first-order valence-corrected chi connectivity index (χ1v) is 9.60. The van der Waals surface area contributed by atoms with Crippen molar-refractivity contribution in [2.75, 3.05) is 13.7 Å². The highest BCUT2D eigenvalue weighted by Crippen LogP contribution is 2.54. The molecular weight excluding hydrogens is 338 g/mol. The summed E-state index contributed by atoms with van der Waals surface area (Å²) < 4.78 is 5.26. The molecule has 27 heavy (non-hydrogen) atoms. The molecular formula is C23H25NO3. The van der Waals surface area contributed by atoms with Gasteiger partial charge in [0.2, 0.25) is 0 Å². The summed E-state index contributed by atoms with van der Waals surface area (Å²) in [6.07, 6.45) is 1.93. The molecule has 2 aromatic rings. The Balaban J connectivity index is 1.74. The maximum Gasteiger partial charge on any atom is 0.314 e. The van der Waals surface area contributed by atoms with Crippen LogP contribution in [0.2, 0.25) is 0 Å². The highest BCUT2D eigenvalue weighted by Gasteiger charge is 2.63. The number of ketones is 1. The van der Waals surface area contributed by atoms with Crippen LogP contribution >= 0.6 is 0 Å². The lowest BCUT2D eigenvalue weighted by Gasteiger charge is -2.43. The second kappa shape index (κ2) is 7.28. The molecule has 1 aliphatic heterocycles. The number of carbonyl (C=O) groups excluding carboxylic acids is 2. The van der Waals surface area contributed by atoms with Crippen LogP contribution in [-0.2, 0) is 20.7 Å². The zero-order chi connectivity index (χ0) is 18.9. The van der Waals surface area contributed by atoms with Crippen molar-refractivity contribution in [3.63, 3.8) is 0 Å². The van der Waals surface area contributed by atoms with E-state index in [-0.39, 0.29) is 29.6 Å². The van der Waals surface area contributed by atoms with E-state index in [4.69, 9.17) is 4.74 Å². The first-order chi connectivity index (χ1) is 13.2. The lowest BCUT2D eigenvalue weighted by Crippen LogP contribution is -2.52. The third-order valence-corrected chi connectivity index (χ3v) is 6.33. The minimum Gasteiger partial charge on any atom is -0.469 e.